The second-order valence-corrected chi connectivity index (χ2v) is 6.24. The second kappa shape index (κ2) is 6.13. The van der Waals surface area contributed by atoms with E-state index in [1.807, 2.05) is 13.0 Å². The number of nitrogens with zero attached hydrogens (tertiary/aromatic N) is 1. The first-order valence-electron chi connectivity index (χ1n) is 6.21. The Morgan fingerprint density at radius 3 is 2.50 bits per heavy atom. The number of hydrogen-bond acceptors (Lipinski definition) is 4. The highest BCUT2D eigenvalue weighted by Gasteiger charge is 2.13. The lowest BCUT2D eigenvalue weighted by molar-refractivity contribution is 0.581. The first kappa shape index (κ1) is 14.6. The molecule has 0 bridgehead atoms. The molecule has 2 rings (SSSR count). The number of pyridine rings is 1. The number of benzene rings is 1. The van der Waals surface area contributed by atoms with Crippen molar-refractivity contribution in [2.24, 2.45) is 5.73 Å². The molecule has 0 amide bonds. The summed E-state index contributed by atoms with van der Waals surface area (Å²) in [7, 11) is -3.52. The van der Waals surface area contributed by atoms with Crippen molar-refractivity contribution in [3.05, 3.63) is 59.4 Å². The zero-order chi connectivity index (χ0) is 14.6. The van der Waals surface area contributed by atoms with Crippen molar-refractivity contribution in [1.29, 1.82) is 0 Å². The SMILES string of the molecule is Cc1ccncc1CNS(=O)(=O)c1ccc(CN)cc1. The molecule has 6 heteroatoms. The summed E-state index contributed by atoms with van der Waals surface area (Å²) in [4.78, 5) is 4.23. The van der Waals surface area contributed by atoms with Crippen LogP contribution in [0.4, 0.5) is 0 Å². The standard InChI is InChI=1S/C14H17N3O2S/c1-11-6-7-16-9-13(11)10-17-20(18,19)14-4-2-12(8-15)3-5-14/h2-7,9,17H,8,10,15H2,1H3. The topological polar surface area (TPSA) is 85.1 Å². The van der Waals surface area contributed by atoms with Crippen LogP contribution < -0.4 is 10.5 Å². The van der Waals surface area contributed by atoms with Gasteiger partial charge in [0, 0.05) is 25.5 Å². The molecule has 5 nitrogen and oxygen atoms in total. The molecule has 0 saturated heterocycles. The van der Waals surface area contributed by atoms with E-state index in [2.05, 4.69) is 9.71 Å². The summed E-state index contributed by atoms with van der Waals surface area (Å²) in [5.74, 6) is 0. The Kier molecular flexibility index (Phi) is 4.49. The van der Waals surface area contributed by atoms with Crippen molar-refractivity contribution in [2.45, 2.75) is 24.9 Å². The normalized spacial score (nSPS) is 11.5. The largest absolute Gasteiger partial charge is 0.326 e. The van der Waals surface area contributed by atoms with Gasteiger partial charge in [-0.3, -0.25) is 4.98 Å². The minimum Gasteiger partial charge on any atom is -0.326 e. The van der Waals surface area contributed by atoms with Gasteiger partial charge in [0.2, 0.25) is 10.0 Å². The molecule has 0 saturated carbocycles. The van der Waals surface area contributed by atoms with Crippen LogP contribution in [-0.2, 0) is 23.1 Å². The van der Waals surface area contributed by atoms with Gasteiger partial charge in [0.25, 0.3) is 0 Å². The summed E-state index contributed by atoms with van der Waals surface area (Å²) >= 11 is 0. The van der Waals surface area contributed by atoms with Gasteiger partial charge >= 0.3 is 0 Å². The minimum atomic E-state index is -3.52. The van der Waals surface area contributed by atoms with E-state index in [-0.39, 0.29) is 11.4 Å². The maximum absolute atomic E-state index is 12.2. The smallest absolute Gasteiger partial charge is 0.240 e. The van der Waals surface area contributed by atoms with E-state index >= 15 is 0 Å². The second-order valence-electron chi connectivity index (χ2n) is 4.47. The monoisotopic (exact) mass is 291 g/mol. The third-order valence-corrected chi connectivity index (χ3v) is 4.49. The lowest BCUT2D eigenvalue weighted by Crippen LogP contribution is -2.23. The van der Waals surface area contributed by atoms with Crippen molar-refractivity contribution < 1.29 is 8.42 Å². The van der Waals surface area contributed by atoms with Crippen molar-refractivity contribution >= 4 is 10.0 Å². The van der Waals surface area contributed by atoms with Crippen LogP contribution in [0, 0.1) is 6.92 Å². The van der Waals surface area contributed by atoms with Gasteiger partial charge in [-0.05, 0) is 41.8 Å². The Morgan fingerprint density at radius 1 is 1.20 bits per heavy atom. The van der Waals surface area contributed by atoms with Crippen molar-refractivity contribution in [3.8, 4) is 0 Å². The molecule has 0 spiro atoms. The van der Waals surface area contributed by atoms with Gasteiger partial charge in [-0.1, -0.05) is 12.1 Å². The Morgan fingerprint density at radius 2 is 1.90 bits per heavy atom. The molecule has 106 valence electrons. The van der Waals surface area contributed by atoms with Gasteiger partial charge in [-0.2, -0.15) is 0 Å². The van der Waals surface area contributed by atoms with Crippen molar-refractivity contribution in [3.63, 3.8) is 0 Å². The third kappa shape index (κ3) is 3.41. The van der Waals surface area contributed by atoms with Gasteiger partial charge in [0.1, 0.15) is 0 Å². The van der Waals surface area contributed by atoms with Gasteiger partial charge in [0.05, 0.1) is 4.90 Å². The van der Waals surface area contributed by atoms with Crippen LogP contribution in [0.5, 0.6) is 0 Å². The number of hydrogen-bond donors (Lipinski definition) is 2. The van der Waals surface area contributed by atoms with Crippen LogP contribution >= 0.6 is 0 Å². The highest BCUT2D eigenvalue weighted by atomic mass is 32.2. The quantitative estimate of drug-likeness (QED) is 0.870. The number of nitrogens with one attached hydrogen (secondary N) is 1. The number of aromatic nitrogens is 1. The highest BCUT2D eigenvalue weighted by molar-refractivity contribution is 7.89. The summed E-state index contributed by atoms with van der Waals surface area (Å²) < 4.78 is 26.9. The molecule has 0 aliphatic carbocycles. The molecule has 0 aliphatic heterocycles. The van der Waals surface area contributed by atoms with Gasteiger partial charge in [-0.15, -0.1) is 0 Å². The fourth-order valence-corrected chi connectivity index (χ4v) is 2.75. The van der Waals surface area contributed by atoms with Crippen LogP contribution in [0.25, 0.3) is 0 Å². The molecule has 0 aliphatic rings. The molecule has 0 atom stereocenters. The molecule has 0 unspecified atom stereocenters. The summed E-state index contributed by atoms with van der Waals surface area (Å²) in [6, 6.07) is 8.38. The molecule has 1 aromatic heterocycles. The predicted octanol–water partition coefficient (Wildman–Crippen LogP) is 1.33. The first-order valence-corrected chi connectivity index (χ1v) is 7.69. The average Bonchev–Trinajstić information content (AvgIpc) is 2.46. The number of nitrogens with two attached hydrogens (primary N) is 1. The molecular formula is C14H17N3O2S. The number of rotatable bonds is 5. The molecule has 3 N–H and O–H groups in total. The zero-order valence-corrected chi connectivity index (χ0v) is 12.0. The third-order valence-electron chi connectivity index (χ3n) is 3.07. The first-order chi connectivity index (χ1) is 9.53. The van der Waals surface area contributed by atoms with Gasteiger partial charge < -0.3 is 5.73 Å². The van der Waals surface area contributed by atoms with Gasteiger partial charge in [-0.25, -0.2) is 13.1 Å². The Labute approximate surface area is 118 Å². The van der Waals surface area contributed by atoms with E-state index in [1.54, 1.807) is 36.7 Å². The lowest BCUT2D eigenvalue weighted by Gasteiger charge is -2.09. The number of aryl methyl sites for hydroxylation is 1. The summed E-state index contributed by atoms with van der Waals surface area (Å²) in [5.41, 5.74) is 8.24. The summed E-state index contributed by atoms with van der Waals surface area (Å²) in [6.07, 6.45) is 3.34. The van der Waals surface area contributed by atoms with E-state index in [9.17, 15) is 8.42 Å². The van der Waals surface area contributed by atoms with E-state index in [1.165, 1.54) is 0 Å². The maximum atomic E-state index is 12.2. The van der Waals surface area contributed by atoms with Crippen LogP contribution in [0.3, 0.4) is 0 Å². The van der Waals surface area contributed by atoms with Crippen LogP contribution in [0.15, 0.2) is 47.6 Å². The molecular weight excluding hydrogens is 274 g/mol. The molecule has 0 radical (unpaired) electrons. The zero-order valence-electron chi connectivity index (χ0n) is 11.2. The molecule has 1 aromatic carbocycles. The molecule has 2 aromatic rings. The Balaban J connectivity index is 2.13. The van der Waals surface area contributed by atoms with Crippen LogP contribution in [-0.4, -0.2) is 13.4 Å². The van der Waals surface area contributed by atoms with Crippen LogP contribution in [0.1, 0.15) is 16.7 Å². The van der Waals surface area contributed by atoms with E-state index < -0.39 is 10.0 Å². The Hall–Kier alpha value is -1.76. The minimum absolute atomic E-state index is 0.223. The fourth-order valence-electron chi connectivity index (χ4n) is 1.74. The summed E-state index contributed by atoms with van der Waals surface area (Å²) in [5, 5.41) is 0. The van der Waals surface area contributed by atoms with Crippen molar-refractivity contribution in [1.82, 2.24) is 9.71 Å². The van der Waals surface area contributed by atoms with Gasteiger partial charge in [0.15, 0.2) is 0 Å². The lowest BCUT2D eigenvalue weighted by atomic mass is 10.2. The fraction of sp³-hybridized carbons (Fsp3) is 0.214. The van der Waals surface area contributed by atoms with E-state index in [0.29, 0.717) is 6.54 Å². The average molecular weight is 291 g/mol. The summed E-state index contributed by atoms with van der Waals surface area (Å²) in [6.45, 7) is 2.53. The molecule has 0 fully saturated rings. The number of sulfonamides is 1. The molecule has 20 heavy (non-hydrogen) atoms. The highest BCUT2D eigenvalue weighted by Crippen LogP contribution is 2.12. The predicted molar refractivity (Wildman–Crippen MR) is 77.3 cm³/mol. The van der Waals surface area contributed by atoms with E-state index in [4.69, 9.17) is 5.73 Å². The van der Waals surface area contributed by atoms with E-state index in [0.717, 1.165) is 16.7 Å². The van der Waals surface area contributed by atoms with Crippen molar-refractivity contribution in [2.75, 3.05) is 0 Å². The van der Waals surface area contributed by atoms with Crippen LogP contribution in [0.2, 0.25) is 0 Å². The maximum Gasteiger partial charge on any atom is 0.240 e. The Bertz CT molecular complexity index is 682. The molecule has 1 heterocycles.